The van der Waals surface area contributed by atoms with Crippen molar-refractivity contribution in [1.29, 1.82) is 5.26 Å². The quantitative estimate of drug-likeness (QED) is 0.304. The predicted molar refractivity (Wildman–Crippen MR) is 155 cm³/mol. The van der Waals surface area contributed by atoms with Gasteiger partial charge in [-0.3, -0.25) is 4.79 Å². The van der Waals surface area contributed by atoms with E-state index in [9.17, 15) is 9.59 Å². The number of carbonyl (C=O) groups is 2. The zero-order valence-corrected chi connectivity index (χ0v) is 23.7. The lowest BCUT2D eigenvalue weighted by atomic mass is 9.95. The lowest BCUT2D eigenvalue weighted by Gasteiger charge is -2.23. The van der Waals surface area contributed by atoms with Crippen molar-refractivity contribution < 1.29 is 23.8 Å². The Hall–Kier alpha value is -4.35. The van der Waals surface area contributed by atoms with Crippen molar-refractivity contribution in [3.8, 4) is 23.3 Å². The number of hydrogen-bond acceptors (Lipinski definition) is 7. The number of nitrogens with one attached hydrogen (secondary N) is 1. The van der Waals surface area contributed by atoms with E-state index in [1.807, 2.05) is 12.1 Å². The highest BCUT2D eigenvalue weighted by Gasteiger charge is 2.24. The Morgan fingerprint density at radius 3 is 2.39 bits per heavy atom. The molecule has 1 aliphatic carbocycles. The van der Waals surface area contributed by atoms with E-state index >= 15 is 0 Å². The molecule has 0 aromatic heterocycles. The fraction of sp³-hybridized carbons (Fsp3) is 0.333. The second-order valence-electron chi connectivity index (χ2n) is 11.1. The molecule has 1 saturated carbocycles. The summed E-state index contributed by atoms with van der Waals surface area (Å²) < 4.78 is 17.5. The van der Waals surface area contributed by atoms with Gasteiger partial charge in [0.25, 0.3) is 5.91 Å². The molecule has 1 aliphatic rings. The minimum Gasteiger partial charge on any atom is -0.489 e. The van der Waals surface area contributed by atoms with Crippen LogP contribution in [-0.2, 0) is 16.1 Å². The van der Waals surface area contributed by atoms with Gasteiger partial charge in [0.2, 0.25) is 0 Å². The largest absolute Gasteiger partial charge is 0.489 e. The summed E-state index contributed by atoms with van der Waals surface area (Å²) in [6, 6.07) is 20.3. The van der Waals surface area contributed by atoms with Gasteiger partial charge in [-0.05, 0) is 100 Å². The number of esters is 1. The first-order valence-electron chi connectivity index (χ1n) is 13.8. The third-order valence-electron chi connectivity index (χ3n) is 6.51. The van der Waals surface area contributed by atoms with Gasteiger partial charge in [-0.15, -0.1) is 0 Å². The standard InChI is InChI=1S/C33H36N3O5/c1-33(2,3)41-32(38)30(35)24-9-7-8-23(16-24)21-39-28-17-25(31(37)36-26-10-5-4-6-11-26)18-29(19-28)40-27-14-12-22(20-34)13-15-27/h4,7-9,12-19,26,30H,5-6,10-11,21,35H2,1-3H3,(H,36,37). The number of ether oxygens (including phenoxy) is 3. The number of nitrogens with zero attached hydrogens (tertiary/aromatic N) is 1. The van der Waals surface area contributed by atoms with Crippen molar-refractivity contribution in [2.24, 2.45) is 5.73 Å². The minimum atomic E-state index is -0.925. The van der Waals surface area contributed by atoms with E-state index in [4.69, 9.17) is 25.2 Å². The van der Waals surface area contributed by atoms with Crippen LogP contribution in [-0.4, -0.2) is 23.5 Å². The summed E-state index contributed by atoms with van der Waals surface area (Å²) in [4.78, 5) is 25.7. The summed E-state index contributed by atoms with van der Waals surface area (Å²) in [5.41, 5.74) is 7.88. The summed E-state index contributed by atoms with van der Waals surface area (Å²) in [6.07, 6.45) is 6.04. The lowest BCUT2D eigenvalue weighted by molar-refractivity contribution is -0.156. The van der Waals surface area contributed by atoms with Crippen LogP contribution < -0.4 is 20.5 Å². The molecule has 3 aromatic carbocycles. The summed E-state index contributed by atoms with van der Waals surface area (Å²) in [6.45, 7) is 5.56. The summed E-state index contributed by atoms with van der Waals surface area (Å²) in [7, 11) is 0. The molecule has 8 nitrogen and oxygen atoms in total. The van der Waals surface area contributed by atoms with Gasteiger partial charge >= 0.3 is 5.97 Å². The van der Waals surface area contributed by atoms with Crippen molar-refractivity contribution in [2.45, 2.75) is 70.7 Å². The molecule has 1 atom stereocenters. The fourth-order valence-corrected chi connectivity index (χ4v) is 4.46. The van der Waals surface area contributed by atoms with E-state index < -0.39 is 17.6 Å². The molecule has 4 rings (SSSR count). The van der Waals surface area contributed by atoms with Crippen LogP contribution in [0.25, 0.3) is 0 Å². The van der Waals surface area contributed by atoms with Crippen LogP contribution in [0.3, 0.4) is 0 Å². The number of hydrogen-bond donors (Lipinski definition) is 2. The Kier molecular flexibility index (Phi) is 9.64. The van der Waals surface area contributed by atoms with Gasteiger partial charge in [0, 0.05) is 17.7 Å². The van der Waals surface area contributed by atoms with Crippen LogP contribution in [0.5, 0.6) is 17.2 Å². The summed E-state index contributed by atoms with van der Waals surface area (Å²) in [5.74, 6) is 0.696. The first kappa shape index (κ1) is 29.6. The van der Waals surface area contributed by atoms with Crippen LogP contribution in [0.1, 0.15) is 79.5 Å². The highest BCUT2D eigenvalue weighted by molar-refractivity contribution is 5.95. The van der Waals surface area contributed by atoms with Crippen LogP contribution >= 0.6 is 0 Å². The number of nitrogens with two attached hydrogens (primary N) is 1. The Labute approximate surface area is 241 Å². The maximum atomic E-state index is 13.2. The number of rotatable bonds is 9. The van der Waals surface area contributed by atoms with Crippen LogP contribution in [0, 0.1) is 17.8 Å². The van der Waals surface area contributed by atoms with Crippen molar-refractivity contribution in [1.82, 2.24) is 5.32 Å². The molecule has 3 aromatic rings. The highest BCUT2D eigenvalue weighted by atomic mass is 16.6. The normalized spacial score (nSPS) is 14.4. The Bertz CT molecular complexity index is 1400. The van der Waals surface area contributed by atoms with E-state index in [0.29, 0.717) is 33.9 Å². The molecular weight excluding hydrogens is 518 g/mol. The van der Waals surface area contributed by atoms with Gasteiger partial charge in [-0.25, -0.2) is 4.79 Å². The van der Waals surface area contributed by atoms with Crippen molar-refractivity contribution in [3.05, 3.63) is 95.4 Å². The van der Waals surface area contributed by atoms with E-state index in [-0.39, 0.29) is 18.6 Å². The topological polar surface area (TPSA) is 124 Å². The van der Waals surface area contributed by atoms with Crippen molar-refractivity contribution in [3.63, 3.8) is 0 Å². The number of nitriles is 1. The second kappa shape index (κ2) is 13.3. The Morgan fingerprint density at radius 1 is 1.00 bits per heavy atom. The van der Waals surface area contributed by atoms with Crippen molar-refractivity contribution >= 4 is 11.9 Å². The maximum Gasteiger partial charge on any atom is 0.328 e. The van der Waals surface area contributed by atoms with E-state index in [2.05, 4.69) is 17.8 Å². The average molecular weight is 555 g/mol. The Balaban J connectivity index is 1.52. The third-order valence-corrected chi connectivity index (χ3v) is 6.51. The Morgan fingerprint density at radius 2 is 1.71 bits per heavy atom. The lowest BCUT2D eigenvalue weighted by Crippen LogP contribution is -2.36. The van der Waals surface area contributed by atoms with Crippen LogP contribution in [0.15, 0.2) is 66.7 Å². The van der Waals surface area contributed by atoms with Gasteiger partial charge in [0.1, 0.15) is 35.5 Å². The van der Waals surface area contributed by atoms with Crippen molar-refractivity contribution in [2.75, 3.05) is 0 Å². The molecule has 213 valence electrons. The molecule has 0 bridgehead atoms. The summed E-state index contributed by atoms with van der Waals surface area (Å²) >= 11 is 0. The molecule has 41 heavy (non-hydrogen) atoms. The van der Waals surface area contributed by atoms with Gasteiger partial charge in [-0.2, -0.15) is 5.26 Å². The first-order valence-corrected chi connectivity index (χ1v) is 13.8. The van der Waals surface area contributed by atoms with E-state index in [1.165, 1.54) is 0 Å². The third kappa shape index (κ3) is 8.82. The van der Waals surface area contributed by atoms with E-state index in [1.54, 1.807) is 75.4 Å². The SMILES string of the molecule is CC(C)(C)OC(=O)C(N)c1cccc(COc2cc(Oc3ccc(C#N)cc3)cc(C(=O)NC3CC[CH]CC3)c2)c1. The van der Waals surface area contributed by atoms with Crippen LogP contribution in [0.4, 0.5) is 0 Å². The molecule has 1 unspecified atom stereocenters. The maximum absolute atomic E-state index is 13.2. The molecule has 0 aliphatic heterocycles. The monoisotopic (exact) mass is 554 g/mol. The van der Waals surface area contributed by atoms with Gasteiger partial charge in [0.05, 0.1) is 11.6 Å². The molecule has 1 fully saturated rings. The average Bonchev–Trinajstić information content (AvgIpc) is 2.96. The molecular formula is C33H36N3O5. The zero-order valence-electron chi connectivity index (χ0n) is 23.7. The fourth-order valence-electron chi connectivity index (χ4n) is 4.46. The van der Waals surface area contributed by atoms with Gasteiger partial charge in [0.15, 0.2) is 0 Å². The minimum absolute atomic E-state index is 0.122. The van der Waals surface area contributed by atoms with Crippen LogP contribution in [0.2, 0.25) is 0 Å². The molecule has 0 heterocycles. The molecule has 1 radical (unpaired) electrons. The van der Waals surface area contributed by atoms with E-state index in [0.717, 1.165) is 31.2 Å². The van der Waals surface area contributed by atoms with Gasteiger partial charge < -0.3 is 25.3 Å². The molecule has 0 spiro atoms. The first-order chi connectivity index (χ1) is 19.6. The second-order valence-corrected chi connectivity index (χ2v) is 11.1. The number of amides is 1. The number of carbonyl (C=O) groups excluding carboxylic acids is 2. The highest BCUT2D eigenvalue weighted by Crippen LogP contribution is 2.29. The van der Waals surface area contributed by atoms with Gasteiger partial charge in [-0.1, -0.05) is 24.3 Å². The zero-order chi connectivity index (χ0) is 29.4. The number of benzene rings is 3. The molecule has 3 N–H and O–H groups in total. The molecule has 1 amide bonds. The predicted octanol–water partition coefficient (Wildman–Crippen LogP) is 6.15. The summed E-state index contributed by atoms with van der Waals surface area (Å²) in [5, 5.41) is 12.2. The smallest absolute Gasteiger partial charge is 0.328 e. The molecule has 0 saturated heterocycles. The molecule has 8 heteroatoms.